The molecule has 0 amide bonds. The van der Waals surface area contributed by atoms with Gasteiger partial charge in [-0.25, -0.2) is 4.39 Å². The highest BCUT2D eigenvalue weighted by molar-refractivity contribution is 5.17. The standard InChI is InChI=1S/C11H13FO/c1-2-4-11(13)8-9-5-3-6-10(12)7-9/h2-3,5-7,11,13H,1,4,8H2. The highest BCUT2D eigenvalue weighted by atomic mass is 19.1. The molecule has 0 spiro atoms. The minimum atomic E-state index is -0.459. The van der Waals surface area contributed by atoms with Crippen LogP contribution in [0.1, 0.15) is 12.0 Å². The molecule has 0 aliphatic carbocycles. The lowest BCUT2D eigenvalue weighted by molar-refractivity contribution is 0.178. The molecule has 1 unspecified atom stereocenters. The Bertz CT molecular complexity index is 283. The summed E-state index contributed by atoms with van der Waals surface area (Å²) in [6, 6.07) is 6.27. The van der Waals surface area contributed by atoms with Crippen LogP contribution in [-0.2, 0) is 6.42 Å². The van der Waals surface area contributed by atoms with Crippen LogP contribution in [0.2, 0.25) is 0 Å². The van der Waals surface area contributed by atoms with Gasteiger partial charge in [-0.2, -0.15) is 0 Å². The van der Waals surface area contributed by atoms with Crippen molar-refractivity contribution in [3.05, 3.63) is 48.3 Å². The van der Waals surface area contributed by atoms with E-state index in [0.717, 1.165) is 5.56 Å². The highest BCUT2D eigenvalue weighted by Gasteiger charge is 2.03. The fraction of sp³-hybridized carbons (Fsp3) is 0.273. The van der Waals surface area contributed by atoms with Gasteiger partial charge in [0, 0.05) is 0 Å². The van der Waals surface area contributed by atoms with E-state index < -0.39 is 6.10 Å². The van der Waals surface area contributed by atoms with Gasteiger partial charge in [-0.15, -0.1) is 6.58 Å². The molecule has 0 radical (unpaired) electrons. The van der Waals surface area contributed by atoms with E-state index in [-0.39, 0.29) is 5.82 Å². The summed E-state index contributed by atoms with van der Waals surface area (Å²) in [5, 5.41) is 9.40. The summed E-state index contributed by atoms with van der Waals surface area (Å²) >= 11 is 0. The van der Waals surface area contributed by atoms with Crippen LogP contribution in [0.3, 0.4) is 0 Å². The maximum atomic E-state index is 12.7. The van der Waals surface area contributed by atoms with Crippen LogP contribution in [0, 0.1) is 5.82 Å². The molecule has 1 aromatic carbocycles. The van der Waals surface area contributed by atoms with Gasteiger partial charge in [-0.05, 0) is 30.5 Å². The van der Waals surface area contributed by atoms with Gasteiger partial charge in [0.2, 0.25) is 0 Å². The van der Waals surface area contributed by atoms with Gasteiger partial charge in [0.25, 0.3) is 0 Å². The van der Waals surface area contributed by atoms with Crippen LogP contribution < -0.4 is 0 Å². The fourth-order valence-corrected chi connectivity index (χ4v) is 1.21. The molecule has 0 aliphatic rings. The SMILES string of the molecule is C=CCC(O)Cc1cccc(F)c1. The quantitative estimate of drug-likeness (QED) is 0.705. The number of rotatable bonds is 4. The van der Waals surface area contributed by atoms with E-state index in [2.05, 4.69) is 6.58 Å². The number of aliphatic hydroxyl groups is 1. The molecule has 0 aliphatic heterocycles. The molecule has 1 rings (SSSR count). The average Bonchev–Trinajstić information content (AvgIpc) is 2.04. The number of benzene rings is 1. The maximum absolute atomic E-state index is 12.7. The van der Waals surface area contributed by atoms with Crippen LogP contribution in [0.5, 0.6) is 0 Å². The zero-order valence-corrected chi connectivity index (χ0v) is 7.41. The van der Waals surface area contributed by atoms with Crippen molar-refractivity contribution in [1.29, 1.82) is 0 Å². The lowest BCUT2D eigenvalue weighted by Gasteiger charge is -2.07. The van der Waals surface area contributed by atoms with Crippen molar-refractivity contribution in [2.45, 2.75) is 18.9 Å². The first-order valence-corrected chi connectivity index (χ1v) is 4.26. The number of hydrogen-bond donors (Lipinski definition) is 1. The monoisotopic (exact) mass is 180 g/mol. The van der Waals surface area contributed by atoms with E-state index in [0.29, 0.717) is 12.8 Å². The molecule has 0 fully saturated rings. The van der Waals surface area contributed by atoms with Crippen LogP contribution >= 0.6 is 0 Å². The van der Waals surface area contributed by atoms with E-state index in [9.17, 15) is 9.50 Å². The summed E-state index contributed by atoms with van der Waals surface area (Å²) in [6.07, 6.45) is 2.21. The third kappa shape index (κ3) is 3.38. The molecule has 1 nitrogen and oxygen atoms in total. The molecule has 2 heteroatoms. The molecule has 0 heterocycles. The second kappa shape index (κ2) is 4.77. The third-order valence-electron chi connectivity index (χ3n) is 1.80. The Hall–Kier alpha value is -1.15. The van der Waals surface area contributed by atoms with Gasteiger partial charge >= 0.3 is 0 Å². The van der Waals surface area contributed by atoms with Crippen molar-refractivity contribution in [3.8, 4) is 0 Å². The second-order valence-corrected chi connectivity index (χ2v) is 3.01. The molecule has 70 valence electrons. The van der Waals surface area contributed by atoms with Gasteiger partial charge in [0.1, 0.15) is 5.82 Å². The lowest BCUT2D eigenvalue weighted by atomic mass is 10.1. The average molecular weight is 180 g/mol. The zero-order valence-electron chi connectivity index (χ0n) is 7.41. The number of aliphatic hydroxyl groups excluding tert-OH is 1. The molecule has 1 atom stereocenters. The maximum Gasteiger partial charge on any atom is 0.123 e. The Morgan fingerprint density at radius 2 is 2.31 bits per heavy atom. The minimum absolute atomic E-state index is 0.261. The van der Waals surface area contributed by atoms with Crippen LogP contribution in [0.4, 0.5) is 4.39 Å². The highest BCUT2D eigenvalue weighted by Crippen LogP contribution is 2.08. The van der Waals surface area contributed by atoms with Crippen molar-refractivity contribution < 1.29 is 9.50 Å². The van der Waals surface area contributed by atoms with Gasteiger partial charge in [-0.1, -0.05) is 18.2 Å². The predicted octanol–water partition coefficient (Wildman–Crippen LogP) is 2.31. The van der Waals surface area contributed by atoms with E-state index in [4.69, 9.17) is 0 Å². The lowest BCUT2D eigenvalue weighted by Crippen LogP contribution is -2.08. The Morgan fingerprint density at radius 3 is 2.92 bits per heavy atom. The first kappa shape index (κ1) is 9.93. The van der Waals surface area contributed by atoms with Crippen LogP contribution in [0.15, 0.2) is 36.9 Å². The van der Waals surface area contributed by atoms with E-state index in [1.165, 1.54) is 12.1 Å². The first-order valence-electron chi connectivity index (χ1n) is 4.26. The molecule has 0 saturated carbocycles. The number of halogens is 1. The summed E-state index contributed by atoms with van der Waals surface area (Å²) < 4.78 is 12.7. The van der Waals surface area contributed by atoms with Gasteiger partial charge < -0.3 is 5.11 Å². The Kier molecular flexibility index (Phi) is 3.65. The predicted molar refractivity (Wildman–Crippen MR) is 50.9 cm³/mol. The van der Waals surface area contributed by atoms with Gasteiger partial charge in [0.05, 0.1) is 6.10 Å². The van der Waals surface area contributed by atoms with E-state index in [1.807, 2.05) is 0 Å². The van der Waals surface area contributed by atoms with Crippen LogP contribution in [-0.4, -0.2) is 11.2 Å². The van der Waals surface area contributed by atoms with Crippen molar-refractivity contribution >= 4 is 0 Å². The normalized spacial score (nSPS) is 12.5. The molecule has 1 N–H and O–H groups in total. The van der Waals surface area contributed by atoms with Crippen molar-refractivity contribution in [3.63, 3.8) is 0 Å². The van der Waals surface area contributed by atoms with Crippen LogP contribution in [0.25, 0.3) is 0 Å². The topological polar surface area (TPSA) is 20.2 Å². The molecular weight excluding hydrogens is 167 g/mol. The molecule has 0 aromatic heterocycles. The van der Waals surface area contributed by atoms with Crippen molar-refractivity contribution in [2.75, 3.05) is 0 Å². The van der Waals surface area contributed by atoms with Crippen molar-refractivity contribution in [1.82, 2.24) is 0 Å². The summed E-state index contributed by atoms with van der Waals surface area (Å²) in [4.78, 5) is 0. The van der Waals surface area contributed by atoms with Gasteiger partial charge in [-0.3, -0.25) is 0 Å². The third-order valence-corrected chi connectivity index (χ3v) is 1.80. The molecular formula is C11H13FO. The van der Waals surface area contributed by atoms with Crippen molar-refractivity contribution in [2.24, 2.45) is 0 Å². The minimum Gasteiger partial charge on any atom is -0.392 e. The summed E-state index contributed by atoms with van der Waals surface area (Å²) in [7, 11) is 0. The molecule has 1 aromatic rings. The number of hydrogen-bond acceptors (Lipinski definition) is 1. The smallest absolute Gasteiger partial charge is 0.123 e. The zero-order chi connectivity index (χ0) is 9.68. The Balaban J connectivity index is 2.58. The fourth-order valence-electron chi connectivity index (χ4n) is 1.21. The Labute approximate surface area is 77.5 Å². The molecule has 13 heavy (non-hydrogen) atoms. The molecule has 0 saturated heterocycles. The summed E-state index contributed by atoms with van der Waals surface area (Å²) in [6.45, 7) is 3.53. The van der Waals surface area contributed by atoms with E-state index in [1.54, 1.807) is 18.2 Å². The Morgan fingerprint density at radius 1 is 1.54 bits per heavy atom. The van der Waals surface area contributed by atoms with E-state index >= 15 is 0 Å². The molecule has 0 bridgehead atoms. The summed E-state index contributed by atoms with van der Waals surface area (Å²) in [5.41, 5.74) is 0.814. The van der Waals surface area contributed by atoms with Gasteiger partial charge in [0.15, 0.2) is 0 Å². The summed E-state index contributed by atoms with van der Waals surface area (Å²) in [5.74, 6) is -0.261. The second-order valence-electron chi connectivity index (χ2n) is 3.01. The largest absolute Gasteiger partial charge is 0.392 e. The first-order chi connectivity index (χ1) is 6.22.